The maximum atomic E-state index is 10.6. The van der Waals surface area contributed by atoms with Gasteiger partial charge in [-0.25, -0.2) is 0 Å². The Morgan fingerprint density at radius 3 is 2.48 bits per heavy atom. The number of anilines is 1. The first-order chi connectivity index (χ1) is 10.0. The fraction of sp³-hybridized carbons (Fsp3) is 0.375. The summed E-state index contributed by atoms with van der Waals surface area (Å²) in [6.07, 6.45) is 6.23. The van der Waals surface area contributed by atoms with Gasteiger partial charge >= 0.3 is 0 Å². The number of allylic oxidation sites excluding steroid dienone is 3. The molecule has 0 atom stereocenters. The molecule has 0 aliphatic rings. The molecular formula is C16H21ClN2O2. The molecule has 0 unspecified atom stereocenters. The number of nitro benzene ring substituents is 1. The van der Waals surface area contributed by atoms with Crippen LogP contribution in [0.15, 0.2) is 47.6 Å². The lowest BCUT2D eigenvalue weighted by Crippen LogP contribution is -2.02. The summed E-state index contributed by atoms with van der Waals surface area (Å²) in [4.78, 5) is 10.2. The highest BCUT2D eigenvalue weighted by Crippen LogP contribution is 2.15. The van der Waals surface area contributed by atoms with Crippen LogP contribution < -0.4 is 5.32 Å². The quantitative estimate of drug-likeness (QED) is 0.321. The van der Waals surface area contributed by atoms with Crippen LogP contribution in [0.3, 0.4) is 0 Å². The minimum atomic E-state index is -0.397. The van der Waals surface area contributed by atoms with Crippen LogP contribution in [0.4, 0.5) is 11.4 Å². The highest BCUT2D eigenvalue weighted by Gasteiger charge is 2.03. The summed E-state index contributed by atoms with van der Waals surface area (Å²) in [5.41, 5.74) is 3.53. The summed E-state index contributed by atoms with van der Waals surface area (Å²) in [5.74, 6) is 0.566. The Kier molecular flexibility index (Phi) is 7.54. The summed E-state index contributed by atoms with van der Waals surface area (Å²) >= 11 is 5.64. The molecule has 0 heterocycles. The van der Waals surface area contributed by atoms with Crippen molar-refractivity contribution in [3.05, 3.63) is 57.7 Å². The largest absolute Gasteiger partial charge is 0.381 e. The van der Waals surface area contributed by atoms with Crippen molar-refractivity contribution >= 4 is 23.0 Å². The normalized spacial score (nSPS) is 12.3. The van der Waals surface area contributed by atoms with E-state index in [1.165, 1.54) is 23.3 Å². The first kappa shape index (κ1) is 17.2. The second-order valence-electron chi connectivity index (χ2n) is 4.95. The van der Waals surface area contributed by atoms with Crippen LogP contribution in [0.5, 0.6) is 0 Å². The molecule has 0 radical (unpaired) electrons. The molecule has 5 heteroatoms. The Hall–Kier alpha value is -1.81. The van der Waals surface area contributed by atoms with E-state index in [1.807, 2.05) is 6.08 Å². The molecule has 4 nitrogen and oxygen atoms in total. The Balaban J connectivity index is 2.40. The fourth-order valence-electron chi connectivity index (χ4n) is 1.79. The van der Waals surface area contributed by atoms with E-state index in [-0.39, 0.29) is 5.69 Å². The zero-order valence-corrected chi connectivity index (χ0v) is 13.2. The molecule has 1 N–H and O–H groups in total. The lowest BCUT2D eigenvalue weighted by atomic mass is 10.1. The highest BCUT2D eigenvalue weighted by molar-refractivity contribution is 6.18. The van der Waals surface area contributed by atoms with Crippen molar-refractivity contribution in [3.63, 3.8) is 0 Å². The number of hydrogen-bond donors (Lipinski definition) is 1. The summed E-state index contributed by atoms with van der Waals surface area (Å²) in [7, 11) is 0. The van der Waals surface area contributed by atoms with E-state index in [2.05, 4.69) is 25.2 Å². The van der Waals surface area contributed by atoms with Gasteiger partial charge in [-0.15, -0.1) is 11.6 Å². The number of halogens is 1. The van der Waals surface area contributed by atoms with E-state index in [9.17, 15) is 10.1 Å². The number of nitro groups is 1. The van der Waals surface area contributed by atoms with Crippen molar-refractivity contribution in [2.24, 2.45) is 0 Å². The van der Waals surface area contributed by atoms with Gasteiger partial charge in [-0.1, -0.05) is 23.3 Å². The Bertz CT molecular complexity index is 522. The van der Waals surface area contributed by atoms with Crippen molar-refractivity contribution in [3.8, 4) is 0 Å². The predicted octanol–water partition coefficient (Wildman–Crippen LogP) is 4.92. The van der Waals surface area contributed by atoms with Gasteiger partial charge in [0, 0.05) is 30.2 Å². The zero-order valence-electron chi connectivity index (χ0n) is 12.4. The molecule has 0 saturated heterocycles. The first-order valence-corrected chi connectivity index (χ1v) is 7.42. The van der Waals surface area contributed by atoms with Gasteiger partial charge < -0.3 is 5.32 Å². The maximum absolute atomic E-state index is 10.6. The van der Waals surface area contributed by atoms with Gasteiger partial charge in [-0.2, -0.15) is 0 Å². The van der Waals surface area contributed by atoms with Crippen LogP contribution in [0.25, 0.3) is 0 Å². The van der Waals surface area contributed by atoms with Gasteiger partial charge in [0.15, 0.2) is 0 Å². The Morgan fingerprint density at radius 1 is 1.24 bits per heavy atom. The second kappa shape index (κ2) is 9.19. The fourth-order valence-corrected chi connectivity index (χ4v) is 2.06. The average Bonchev–Trinajstić information content (AvgIpc) is 2.46. The molecule has 0 amide bonds. The molecule has 114 valence electrons. The maximum Gasteiger partial charge on any atom is 0.269 e. The van der Waals surface area contributed by atoms with Crippen LogP contribution in [-0.4, -0.2) is 17.3 Å². The van der Waals surface area contributed by atoms with E-state index < -0.39 is 4.92 Å². The van der Waals surface area contributed by atoms with Crippen LogP contribution >= 0.6 is 11.6 Å². The van der Waals surface area contributed by atoms with Crippen molar-refractivity contribution in [2.45, 2.75) is 26.7 Å². The molecular weight excluding hydrogens is 288 g/mol. The molecule has 0 saturated carbocycles. The molecule has 0 spiro atoms. The van der Waals surface area contributed by atoms with Gasteiger partial charge in [0.05, 0.1) is 4.92 Å². The molecule has 0 aliphatic carbocycles. The topological polar surface area (TPSA) is 55.2 Å². The van der Waals surface area contributed by atoms with Crippen molar-refractivity contribution < 1.29 is 4.92 Å². The molecule has 1 aromatic carbocycles. The van der Waals surface area contributed by atoms with Gasteiger partial charge in [-0.05, 0) is 38.8 Å². The minimum Gasteiger partial charge on any atom is -0.381 e. The Labute approximate surface area is 130 Å². The number of nitrogens with zero attached hydrogens (tertiary/aromatic N) is 1. The summed E-state index contributed by atoms with van der Waals surface area (Å²) in [6, 6.07) is 6.45. The van der Waals surface area contributed by atoms with Crippen molar-refractivity contribution in [2.75, 3.05) is 17.7 Å². The molecule has 21 heavy (non-hydrogen) atoms. The predicted molar refractivity (Wildman–Crippen MR) is 89.1 cm³/mol. The minimum absolute atomic E-state index is 0.106. The molecule has 0 fully saturated rings. The summed E-state index contributed by atoms with van der Waals surface area (Å²) in [5, 5.41) is 13.8. The summed E-state index contributed by atoms with van der Waals surface area (Å²) in [6.45, 7) is 4.88. The lowest BCUT2D eigenvalue weighted by molar-refractivity contribution is -0.384. The molecule has 1 rings (SSSR count). The first-order valence-electron chi connectivity index (χ1n) is 6.88. The third-order valence-corrected chi connectivity index (χ3v) is 3.26. The van der Waals surface area contributed by atoms with Gasteiger partial charge in [-0.3, -0.25) is 10.1 Å². The van der Waals surface area contributed by atoms with E-state index in [0.29, 0.717) is 5.88 Å². The number of benzene rings is 1. The number of hydrogen-bond acceptors (Lipinski definition) is 3. The molecule has 1 aromatic rings. The number of nitrogens with one attached hydrogen (secondary N) is 1. The smallest absolute Gasteiger partial charge is 0.269 e. The van der Waals surface area contributed by atoms with Crippen LogP contribution in [-0.2, 0) is 0 Å². The number of rotatable bonds is 8. The van der Waals surface area contributed by atoms with Crippen molar-refractivity contribution in [1.82, 2.24) is 0 Å². The standard InChI is InChI=1S/C16H21ClN2O2/c1-13(10-11-17)4-3-5-14(2)12-18-15-6-8-16(9-7-15)19(20)21/h5-10,18H,3-4,11-12H2,1-2H3/b13-10+,14-5+. The van der Waals surface area contributed by atoms with Crippen LogP contribution in [0, 0.1) is 10.1 Å². The third kappa shape index (κ3) is 6.95. The monoisotopic (exact) mass is 308 g/mol. The van der Waals surface area contributed by atoms with Crippen molar-refractivity contribution in [1.29, 1.82) is 0 Å². The van der Waals surface area contributed by atoms with Gasteiger partial charge in [0.2, 0.25) is 0 Å². The third-order valence-electron chi connectivity index (χ3n) is 3.11. The second-order valence-corrected chi connectivity index (χ2v) is 5.26. The lowest BCUT2D eigenvalue weighted by Gasteiger charge is -2.07. The van der Waals surface area contributed by atoms with Gasteiger partial charge in [0.1, 0.15) is 0 Å². The van der Waals surface area contributed by atoms with E-state index in [1.54, 1.807) is 12.1 Å². The highest BCUT2D eigenvalue weighted by atomic mass is 35.5. The van der Waals surface area contributed by atoms with E-state index >= 15 is 0 Å². The van der Waals surface area contributed by atoms with E-state index in [0.717, 1.165) is 25.1 Å². The van der Waals surface area contributed by atoms with Crippen LogP contribution in [0.2, 0.25) is 0 Å². The number of non-ortho nitro benzene ring substituents is 1. The van der Waals surface area contributed by atoms with Gasteiger partial charge in [0.25, 0.3) is 5.69 Å². The SMILES string of the molecule is C/C(=C\CCl)CC/C=C(\C)CNc1ccc([N+](=O)[O-])cc1. The molecule has 0 aliphatic heterocycles. The van der Waals surface area contributed by atoms with Crippen LogP contribution in [0.1, 0.15) is 26.7 Å². The summed E-state index contributed by atoms with van der Waals surface area (Å²) < 4.78 is 0. The number of alkyl halides is 1. The average molecular weight is 309 g/mol. The van der Waals surface area contributed by atoms with E-state index in [4.69, 9.17) is 11.6 Å². The Morgan fingerprint density at radius 2 is 1.90 bits per heavy atom. The molecule has 0 bridgehead atoms. The molecule has 0 aromatic heterocycles. The zero-order chi connectivity index (χ0) is 15.7.